The molecule has 1 N–H and O–H groups in total. The first-order valence-corrected chi connectivity index (χ1v) is 1.70. The SMILES string of the molecule is O=[SH](=O)O.[PbH2]. The van der Waals surface area contributed by atoms with Gasteiger partial charge in [0.25, 0.3) is 11.0 Å². The molecule has 32 valence electrons. The van der Waals surface area contributed by atoms with E-state index in [4.69, 9.17) is 13.0 Å². The van der Waals surface area contributed by atoms with Gasteiger partial charge in [0, 0.05) is 0 Å². The van der Waals surface area contributed by atoms with E-state index in [2.05, 4.69) is 0 Å². The Bertz CT molecular complexity index is 55.3. The second kappa shape index (κ2) is 4.83. The minimum absolute atomic E-state index is 0. The Morgan fingerprint density at radius 3 is 1.40 bits per heavy atom. The van der Waals surface area contributed by atoms with Crippen LogP contribution in [0.2, 0.25) is 0 Å². The Morgan fingerprint density at radius 1 is 1.40 bits per heavy atom. The second-order valence-corrected chi connectivity index (χ2v) is 0.714. The molecular weight excluding hydrogens is 287 g/mol. The maximum absolute atomic E-state index is 8.59. The molecule has 0 aromatic carbocycles. The van der Waals surface area contributed by atoms with Gasteiger partial charge in [-0.3, -0.25) is 4.55 Å². The van der Waals surface area contributed by atoms with Gasteiger partial charge in [-0.05, 0) is 0 Å². The van der Waals surface area contributed by atoms with E-state index in [1.807, 2.05) is 0 Å². The van der Waals surface area contributed by atoms with E-state index < -0.39 is 11.0 Å². The van der Waals surface area contributed by atoms with Crippen molar-refractivity contribution in [3.63, 3.8) is 0 Å². The summed E-state index contributed by atoms with van der Waals surface area (Å²) in [5, 5.41) is 0. The van der Waals surface area contributed by atoms with Crippen molar-refractivity contribution in [1.82, 2.24) is 0 Å². The summed E-state index contributed by atoms with van der Waals surface area (Å²) in [6, 6.07) is 0. The maximum atomic E-state index is 8.59. The third kappa shape index (κ3) is 56.0. The van der Waals surface area contributed by atoms with E-state index in [1.165, 1.54) is 0 Å². The van der Waals surface area contributed by atoms with Crippen molar-refractivity contribution in [1.29, 1.82) is 0 Å². The van der Waals surface area contributed by atoms with E-state index in [9.17, 15) is 0 Å². The van der Waals surface area contributed by atoms with Crippen molar-refractivity contribution < 1.29 is 13.0 Å². The van der Waals surface area contributed by atoms with Crippen LogP contribution in [0.15, 0.2) is 0 Å². The summed E-state index contributed by atoms with van der Waals surface area (Å²) in [6.07, 6.45) is 0. The molecule has 0 saturated heterocycles. The predicted octanol–water partition coefficient (Wildman–Crippen LogP) is -1.85. The van der Waals surface area contributed by atoms with Crippen LogP contribution in [-0.2, 0) is 11.0 Å². The second-order valence-electron chi connectivity index (χ2n) is 0.238. The normalized spacial score (nSPS) is 6.80. The minimum atomic E-state index is -3.12. The first kappa shape index (κ1) is 9.27. The van der Waals surface area contributed by atoms with Crippen molar-refractivity contribution in [3.8, 4) is 0 Å². The monoisotopic (exact) mass is 292 g/mol. The summed E-state index contributed by atoms with van der Waals surface area (Å²) in [5.41, 5.74) is 0. The molecular formula is H4O3PbS. The molecule has 0 aliphatic rings. The zero-order valence-electron chi connectivity index (χ0n) is 2.42. The Labute approximate surface area is 51.3 Å². The van der Waals surface area contributed by atoms with Crippen LogP contribution in [0, 0.1) is 0 Å². The van der Waals surface area contributed by atoms with Crippen LogP contribution in [0.25, 0.3) is 0 Å². The van der Waals surface area contributed by atoms with Crippen LogP contribution >= 0.6 is 0 Å². The van der Waals surface area contributed by atoms with Crippen molar-refractivity contribution in [2.24, 2.45) is 0 Å². The fourth-order valence-electron chi connectivity index (χ4n) is 0. The van der Waals surface area contributed by atoms with Gasteiger partial charge >= 0.3 is 27.3 Å². The van der Waals surface area contributed by atoms with Gasteiger partial charge in [0.1, 0.15) is 0 Å². The Balaban J connectivity index is 0. The molecule has 0 aliphatic heterocycles. The van der Waals surface area contributed by atoms with Gasteiger partial charge in [0.2, 0.25) is 0 Å². The summed E-state index contributed by atoms with van der Waals surface area (Å²) in [7, 11) is -3.12. The van der Waals surface area contributed by atoms with Gasteiger partial charge in [-0.2, -0.15) is 0 Å². The molecule has 0 aromatic rings. The molecule has 2 radical (unpaired) electrons. The molecule has 5 heavy (non-hydrogen) atoms. The van der Waals surface area contributed by atoms with E-state index in [1.54, 1.807) is 0 Å². The van der Waals surface area contributed by atoms with E-state index in [0.29, 0.717) is 0 Å². The van der Waals surface area contributed by atoms with E-state index >= 15 is 0 Å². The van der Waals surface area contributed by atoms with Crippen LogP contribution < -0.4 is 0 Å². The summed E-state index contributed by atoms with van der Waals surface area (Å²) in [5.74, 6) is 0. The molecule has 5 heteroatoms. The van der Waals surface area contributed by atoms with E-state index in [0.717, 1.165) is 0 Å². The van der Waals surface area contributed by atoms with Crippen LogP contribution in [0.4, 0.5) is 0 Å². The van der Waals surface area contributed by atoms with Gasteiger partial charge < -0.3 is 0 Å². The molecule has 0 aromatic heterocycles. The third-order valence-corrected chi connectivity index (χ3v) is 0. The summed E-state index contributed by atoms with van der Waals surface area (Å²) in [4.78, 5) is 0. The summed E-state index contributed by atoms with van der Waals surface area (Å²) in [6.45, 7) is 0. The van der Waals surface area contributed by atoms with Crippen LogP contribution in [0.1, 0.15) is 0 Å². The molecule has 0 aliphatic carbocycles. The number of rotatable bonds is 0. The van der Waals surface area contributed by atoms with Crippen molar-refractivity contribution in [2.45, 2.75) is 0 Å². The summed E-state index contributed by atoms with van der Waals surface area (Å²) >= 11 is 0. The van der Waals surface area contributed by atoms with Crippen molar-refractivity contribution in [3.05, 3.63) is 0 Å². The zero-order chi connectivity index (χ0) is 3.58. The quantitative estimate of drug-likeness (QED) is 0.313. The fourth-order valence-corrected chi connectivity index (χ4v) is 0. The molecule has 0 rings (SSSR count). The fraction of sp³-hybridized carbons (Fsp3) is 0. The number of hydrogen-bond acceptors (Lipinski definition) is 2. The first-order valence-electron chi connectivity index (χ1n) is 0.565. The van der Waals surface area contributed by atoms with Crippen molar-refractivity contribution in [2.75, 3.05) is 0 Å². The Kier molecular flexibility index (Phi) is 8.96. The van der Waals surface area contributed by atoms with Gasteiger partial charge in [-0.25, -0.2) is 8.42 Å². The van der Waals surface area contributed by atoms with Crippen molar-refractivity contribution >= 4 is 38.3 Å². The van der Waals surface area contributed by atoms with Gasteiger partial charge in [-0.15, -0.1) is 0 Å². The molecule has 0 fully saturated rings. The van der Waals surface area contributed by atoms with Gasteiger partial charge in [-0.1, -0.05) is 0 Å². The van der Waals surface area contributed by atoms with Crippen LogP contribution in [-0.4, -0.2) is 40.3 Å². The first-order chi connectivity index (χ1) is 1.73. The average molecular weight is 291 g/mol. The molecule has 3 nitrogen and oxygen atoms in total. The predicted molar refractivity (Wildman–Crippen MR) is 21.5 cm³/mol. The number of thiol groups is 1. The molecule has 0 heterocycles. The van der Waals surface area contributed by atoms with E-state index in [-0.39, 0.29) is 27.3 Å². The molecule has 0 saturated carbocycles. The zero-order valence-corrected chi connectivity index (χ0v) is 8.81. The standard InChI is InChI=1S/H2O3S.Pb.2H/c1-4(2)3;;;/h4H,(H,1,2,3);;;. The summed E-state index contributed by atoms with van der Waals surface area (Å²) < 4.78 is 24.2. The number of hydrogen-bond donors (Lipinski definition) is 2. The molecule has 0 atom stereocenters. The third-order valence-electron chi connectivity index (χ3n) is 0. The average Bonchev–Trinajstić information content (AvgIpc) is 0.811. The van der Waals surface area contributed by atoms with Gasteiger partial charge in [0.05, 0.1) is 0 Å². The Hall–Kier alpha value is 0.832. The Morgan fingerprint density at radius 2 is 1.40 bits per heavy atom. The molecule has 0 spiro atoms. The van der Waals surface area contributed by atoms with Crippen LogP contribution in [0.5, 0.6) is 0 Å². The molecule has 0 amide bonds. The molecule has 0 bridgehead atoms. The molecule has 0 unspecified atom stereocenters. The topological polar surface area (TPSA) is 54.4 Å². The van der Waals surface area contributed by atoms with Crippen LogP contribution in [0.3, 0.4) is 0 Å². The van der Waals surface area contributed by atoms with Gasteiger partial charge in [0.15, 0.2) is 0 Å².